The molecule has 0 bridgehead atoms. The van der Waals surface area contributed by atoms with Crippen molar-refractivity contribution in [2.24, 2.45) is 5.41 Å². The highest BCUT2D eigenvalue weighted by molar-refractivity contribution is 5.28. The van der Waals surface area contributed by atoms with E-state index in [4.69, 9.17) is 0 Å². The molecule has 2 heteroatoms. The zero-order chi connectivity index (χ0) is 10.0. The van der Waals surface area contributed by atoms with E-state index in [2.05, 4.69) is 0 Å². The molecule has 0 heterocycles. The molecule has 0 atom stereocenters. The molecule has 1 aliphatic carbocycles. The van der Waals surface area contributed by atoms with Crippen LogP contribution in [-0.2, 0) is 6.42 Å². The van der Waals surface area contributed by atoms with E-state index in [1.165, 1.54) is 6.42 Å². The molecule has 14 heavy (non-hydrogen) atoms. The topological polar surface area (TPSA) is 40.5 Å². The third kappa shape index (κ3) is 1.75. The van der Waals surface area contributed by atoms with Gasteiger partial charge in [-0.25, -0.2) is 0 Å². The van der Waals surface area contributed by atoms with Gasteiger partial charge in [0.05, 0.1) is 0 Å². The summed E-state index contributed by atoms with van der Waals surface area (Å²) in [4.78, 5) is 0. The SMILES string of the molecule is OCC1(Cc2cccc(O)c2)CCC1. The lowest BCUT2D eigenvalue weighted by molar-refractivity contribution is 0.0450. The highest BCUT2D eigenvalue weighted by Crippen LogP contribution is 2.43. The molecule has 2 N–H and O–H groups in total. The van der Waals surface area contributed by atoms with Gasteiger partial charge in [-0.3, -0.25) is 0 Å². The number of phenols is 1. The number of rotatable bonds is 3. The van der Waals surface area contributed by atoms with Gasteiger partial charge in [0.1, 0.15) is 5.75 Å². The molecule has 2 rings (SSSR count). The average Bonchev–Trinajstić information content (AvgIpc) is 2.11. The maximum Gasteiger partial charge on any atom is 0.115 e. The summed E-state index contributed by atoms with van der Waals surface area (Å²) in [5.74, 6) is 0.315. The summed E-state index contributed by atoms with van der Waals surface area (Å²) in [6.45, 7) is 0.267. The van der Waals surface area contributed by atoms with Crippen molar-refractivity contribution in [3.63, 3.8) is 0 Å². The van der Waals surface area contributed by atoms with Crippen LogP contribution in [0.15, 0.2) is 24.3 Å². The predicted molar refractivity (Wildman–Crippen MR) is 55.2 cm³/mol. The van der Waals surface area contributed by atoms with Crippen LogP contribution in [0.4, 0.5) is 0 Å². The van der Waals surface area contributed by atoms with Crippen LogP contribution in [0.1, 0.15) is 24.8 Å². The fraction of sp³-hybridized carbons (Fsp3) is 0.500. The number of aromatic hydroxyl groups is 1. The summed E-state index contributed by atoms with van der Waals surface area (Å²) in [6, 6.07) is 7.33. The summed E-state index contributed by atoms with van der Waals surface area (Å²) >= 11 is 0. The third-order valence-corrected chi connectivity index (χ3v) is 3.24. The zero-order valence-corrected chi connectivity index (χ0v) is 8.24. The van der Waals surface area contributed by atoms with Crippen LogP contribution in [-0.4, -0.2) is 16.8 Å². The van der Waals surface area contributed by atoms with Crippen LogP contribution in [0, 0.1) is 5.41 Å². The van der Waals surface area contributed by atoms with Crippen molar-refractivity contribution >= 4 is 0 Å². The molecular weight excluding hydrogens is 176 g/mol. The van der Waals surface area contributed by atoms with E-state index in [0.29, 0.717) is 5.75 Å². The first-order valence-electron chi connectivity index (χ1n) is 5.13. The molecule has 1 fully saturated rings. The standard InChI is InChI=1S/C12H16O2/c13-9-12(5-2-6-12)8-10-3-1-4-11(14)7-10/h1,3-4,7,13-14H,2,5-6,8-9H2. The van der Waals surface area contributed by atoms with Crippen molar-refractivity contribution in [2.45, 2.75) is 25.7 Å². The van der Waals surface area contributed by atoms with E-state index in [0.717, 1.165) is 24.8 Å². The van der Waals surface area contributed by atoms with E-state index in [1.807, 2.05) is 12.1 Å². The number of aliphatic hydroxyl groups is 1. The number of aliphatic hydroxyl groups excluding tert-OH is 1. The Hall–Kier alpha value is -1.02. The molecule has 0 aliphatic heterocycles. The van der Waals surface area contributed by atoms with Gasteiger partial charge in [-0.15, -0.1) is 0 Å². The molecule has 1 aliphatic rings. The zero-order valence-electron chi connectivity index (χ0n) is 8.24. The van der Waals surface area contributed by atoms with Gasteiger partial charge in [0, 0.05) is 6.61 Å². The molecule has 0 radical (unpaired) electrons. The van der Waals surface area contributed by atoms with Crippen molar-refractivity contribution in [2.75, 3.05) is 6.61 Å². The predicted octanol–water partition coefficient (Wildman–Crippen LogP) is 2.10. The minimum Gasteiger partial charge on any atom is -0.508 e. The molecule has 0 unspecified atom stereocenters. The highest BCUT2D eigenvalue weighted by atomic mass is 16.3. The lowest BCUT2D eigenvalue weighted by atomic mass is 9.66. The van der Waals surface area contributed by atoms with Crippen molar-refractivity contribution in [1.29, 1.82) is 0 Å². The van der Waals surface area contributed by atoms with Gasteiger partial charge in [0.25, 0.3) is 0 Å². The van der Waals surface area contributed by atoms with Gasteiger partial charge in [-0.05, 0) is 42.4 Å². The van der Waals surface area contributed by atoms with Crippen molar-refractivity contribution in [1.82, 2.24) is 0 Å². The smallest absolute Gasteiger partial charge is 0.115 e. The fourth-order valence-electron chi connectivity index (χ4n) is 2.17. The molecule has 76 valence electrons. The molecule has 0 amide bonds. The van der Waals surface area contributed by atoms with Crippen molar-refractivity contribution in [3.8, 4) is 5.75 Å². The second kappa shape index (κ2) is 3.62. The van der Waals surface area contributed by atoms with Gasteiger partial charge < -0.3 is 10.2 Å². The Labute approximate surface area is 84.2 Å². The minimum atomic E-state index is 0.105. The maximum absolute atomic E-state index is 9.31. The van der Waals surface area contributed by atoms with Crippen molar-refractivity contribution in [3.05, 3.63) is 29.8 Å². The summed E-state index contributed by atoms with van der Waals surface area (Å²) in [5.41, 5.74) is 1.23. The van der Waals surface area contributed by atoms with E-state index in [1.54, 1.807) is 12.1 Å². The second-order valence-corrected chi connectivity index (χ2v) is 4.36. The Balaban J connectivity index is 2.09. The average molecular weight is 192 g/mol. The Morgan fingerprint density at radius 3 is 2.57 bits per heavy atom. The molecule has 0 aromatic heterocycles. The molecular formula is C12H16O2. The van der Waals surface area contributed by atoms with E-state index in [9.17, 15) is 10.2 Å². The molecule has 2 nitrogen and oxygen atoms in total. The van der Waals surface area contributed by atoms with Crippen LogP contribution in [0.25, 0.3) is 0 Å². The van der Waals surface area contributed by atoms with Gasteiger partial charge in [-0.1, -0.05) is 18.6 Å². The number of phenolic OH excluding ortho intramolecular Hbond substituents is 1. The lowest BCUT2D eigenvalue weighted by Crippen LogP contribution is -2.35. The van der Waals surface area contributed by atoms with E-state index >= 15 is 0 Å². The number of hydrogen-bond donors (Lipinski definition) is 2. The van der Waals surface area contributed by atoms with Crippen LogP contribution in [0.3, 0.4) is 0 Å². The third-order valence-electron chi connectivity index (χ3n) is 3.24. The van der Waals surface area contributed by atoms with Crippen molar-refractivity contribution < 1.29 is 10.2 Å². The first-order valence-corrected chi connectivity index (χ1v) is 5.13. The molecule has 1 aromatic carbocycles. The molecule has 0 saturated heterocycles. The van der Waals surface area contributed by atoms with Crippen LogP contribution >= 0.6 is 0 Å². The van der Waals surface area contributed by atoms with Crippen LogP contribution in [0.5, 0.6) is 5.75 Å². The Kier molecular flexibility index (Phi) is 2.46. The normalized spacial score (nSPS) is 18.9. The van der Waals surface area contributed by atoms with Gasteiger partial charge >= 0.3 is 0 Å². The lowest BCUT2D eigenvalue weighted by Gasteiger charge is -2.40. The van der Waals surface area contributed by atoms with Crippen LogP contribution in [0.2, 0.25) is 0 Å². The summed E-state index contributed by atoms with van der Waals surface area (Å²) < 4.78 is 0. The maximum atomic E-state index is 9.31. The largest absolute Gasteiger partial charge is 0.508 e. The Morgan fingerprint density at radius 2 is 2.07 bits per heavy atom. The monoisotopic (exact) mass is 192 g/mol. The molecule has 0 spiro atoms. The fourth-order valence-corrected chi connectivity index (χ4v) is 2.17. The van der Waals surface area contributed by atoms with Gasteiger partial charge in [-0.2, -0.15) is 0 Å². The molecule has 1 aromatic rings. The summed E-state index contributed by atoms with van der Waals surface area (Å²) in [5, 5.41) is 18.6. The highest BCUT2D eigenvalue weighted by Gasteiger charge is 2.36. The Bertz CT molecular complexity index is 310. The minimum absolute atomic E-state index is 0.105. The Morgan fingerprint density at radius 1 is 1.29 bits per heavy atom. The first-order chi connectivity index (χ1) is 6.74. The first kappa shape index (κ1) is 9.53. The molecule has 1 saturated carbocycles. The summed E-state index contributed by atoms with van der Waals surface area (Å²) in [7, 11) is 0. The summed E-state index contributed by atoms with van der Waals surface area (Å²) in [6.07, 6.45) is 4.33. The quantitative estimate of drug-likeness (QED) is 0.770. The van der Waals surface area contributed by atoms with Gasteiger partial charge in [0.15, 0.2) is 0 Å². The van der Waals surface area contributed by atoms with E-state index < -0.39 is 0 Å². The number of hydrogen-bond acceptors (Lipinski definition) is 2. The van der Waals surface area contributed by atoms with Crippen LogP contribution < -0.4 is 0 Å². The number of benzene rings is 1. The van der Waals surface area contributed by atoms with E-state index in [-0.39, 0.29) is 12.0 Å². The van der Waals surface area contributed by atoms with Gasteiger partial charge in [0.2, 0.25) is 0 Å². The second-order valence-electron chi connectivity index (χ2n) is 4.36.